The first-order valence-electron chi connectivity index (χ1n) is 11.5. The molecule has 5 heteroatoms. The van der Waals surface area contributed by atoms with Crippen LogP contribution in [0, 0.1) is 5.92 Å². The van der Waals surface area contributed by atoms with E-state index >= 15 is 0 Å². The maximum Gasteiger partial charge on any atom is 0.274 e. The fraction of sp³-hybridized carbons (Fsp3) is 0.423. The number of carbonyl (C=O) groups excluding carboxylic acids is 1. The number of carbonyl (C=O) groups is 1. The smallest absolute Gasteiger partial charge is 0.274 e. The van der Waals surface area contributed by atoms with E-state index in [1.54, 1.807) is 6.07 Å². The van der Waals surface area contributed by atoms with E-state index in [4.69, 9.17) is 0 Å². The molecule has 1 aromatic heterocycles. The van der Waals surface area contributed by atoms with E-state index in [9.17, 15) is 9.59 Å². The molecule has 1 aliphatic heterocycles. The second-order valence-electron chi connectivity index (χ2n) is 8.55. The molecule has 0 N–H and O–H groups in total. The number of aryl methyl sites for hydroxylation is 1. The lowest BCUT2D eigenvalue weighted by Crippen LogP contribution is -2.40. The quantitative estimate of drug-likeness (QED) is 0.525. The first-order valence-corrected chi connectivity index (χ1v) is 11.5. The van der Waals surface area contributed by atoms with Gasteiger partial charge in [0.25, 0.3) is 11.5 Å². The van der Waals surface area contributed by atoms with Crippen LogP contribution in [0.25, 0.3) is 10.8 Å². The Morgan fingerprint density at radius 1 is 0.968 bits per heavy atom. The monoisotopic (exact) mass is 417 g/mol. The van der Waals surface area contributed by atoms with E-state index in [2.05, 4.69) is 36.3 Å². The number of rotatable bonds is 7. The van der Waals surface area contributed by atoms with Crippen LogP contribution in [0.3, 0.4) is 0 Å². The Morgan fingerprint density at radius 2 is 1.65 bits per heavy atom. The molecule has 0 saturated carbocycles. The van der Waals surface area contributed by atoms with Crippen LogP contribution in [-0.4, -0.2) is 33.7 Å². The van der Waals surface area contributed by atoms with E-state index in [0.717, 1.165) is 51.6 Å². The summed E-state index contributed by atoms with van der Waals surface area (Å²) in [4.78, 5) is 28.2. The highest BCUT2D eigenvalue weighted by Gasteiger charge is 2.26. The molecule has 0 atom stereocenters. The summed E-state index contributed by atoms with van der Waals surface area (Å²) in [6.45, 7) is 4.16. The van der Waals surface area contributed by atoms with Crippen molar-refractivity contribution in [2.45, 2.75) is 52.0 Å². The Bertz CT molecular complexity index is 1080. The Labute approximate surface area is 183 Å². The van der Waals surface area contributed by atoms with Gasteiger partial charge in [-0.1, -0.05) is 68.3 Å². The minimum atomic E-state index is -0.107. The van der Waals surface area contributed by atoms with Gasteiger partial charge in [-0.3, -0.25) is 9.59 Å². The number of amides is 1. The van der Waals surface area contributed by atoms with Gasteiger partial charge in [0, 0.05) is 25.0 Å². The van der Waals surface area contributed by atoms with E-state index < -0.39 is 0 Å². The van der Waals surface area contributed by atoms with Crippen molar-refractivity contribution in [2.75, 3.05) is 13.1 Å². The maximum atomic E-state index is 13.4. The van der Waals surface area contributed by atoms with Gasteiger partial charge in [-0.05, 0) is 43.2 Å². The standard InChI is InChI=1S/C26H31N3O2/c1-2-3-9-16-29-25(30)23-13-8-7-12-22(23)24(27-29)26(31)28-17-14-21(15-18-28)19-20-10-5-4-6-11-20/h4-8,10-13,21H,2-3,9,14-19H2,1H3. The Balaban J connectivity index is 1.52. The largest absolute Gasteiger partial charge is 0.337 e. The van der Waals surface area contributed by atoms with Crippen LogP contribution in [-0.2, 0) is 13.0 Å². The number of piperidine rings is 1. The molecule has 1 aliphatic rings. The highest BCUT2D eigenvalue weighted by atomic mass is 16.2. The number of fused-ring (bicyclic) bond motifs is 1. The normalized spacial score (nSPS) is 14.8. The fourth-order valence-electron chi connectivity index (χ4n) is 4.49. The molecular weight excluding hydrogens is 386 g/mol. The SMILES string of the molecule is CCCCCn1nc(C(=O)N2CCC(Cc3ccccc3)CC2)c2ccccc2c1=O. The summed E-state index contributed by atoms with van der Waals surface area (Å²) in [5.74, 6) is 0.540. The first-order chi connectivity index (χ1) is 15.2. The molecule has 162 valence electrons. The van der Waals surface area contributed by atoms with Crippen LogP contribution in [0.5, 0.6) is 0 Å². The Hall–Kier alpha value is -2.95. The molecule has 0 radical (unpaired) electrons. The van der Waals surface area contributed by atoms with Crippen molar-refractivity contribution in [3.63, 3.8) is 0 Å². The lowest BCUT2D eigenvalue weighted by Gasteiger charge is -2.32. The predicted octanol–water partition coefficient (Wildman–Crippen LogP) is 4.68. The van der Waals surface area contributed by atoms with Crippen molar-refractivity contribution >= 4 is 16.7 Å². The van der Waals surface area contributed by atoms with Crippen LogP contribution in [0.2, 0.25) is 0 Å². The molecule has 0 unspecified atom stereocenters. The molecule has 5 nitrogen and oxygen atoms in total. The molecule has 2 aromatic carbocycles. The summed E-state index contributed by atoms with van der Waals surface area (Å²) in [6.07, 6.45) is 6.06. The number of hydrogen-bond donors (Lipinski definition) is 0. The van der Waals surface area contributed by atoms with Crippen molar-refractivity contribution < 1.29 is 4.79 Å². The predicted molar refractivity (Wildman–Crippen MR) is 124 cm³/mol. The second-order valence-corrected chi connectivity index (χ2v) is 8.55. The minimum absolute atomic E-state index is 0.0568. The van der Waals surface area contributed by atoms with Gasteiger partial charge in [0.2, 0.25) is 0 Å². The zero-order valence-corrected chi connectivity index (χ0v) is 18.3. The Kier molecular flexibility index (Phi) is 6.80. The zero-order valence-electron chi connectivity index (χ0n) is 18.3. The van der Waals surface area contributed by atoms with E-state index in [0.29, 0.717) is 28.9 Å². The molecule has 3 aromatic rings. The van der Waals surface area contributed by atoms with Crippen molar-refractivity contribution in [1.82, 2.24) is 14.7 Å². The average molecular weight is 418 g/mol. The van der Waals surface area contributed by atoms with Gasteiger partial charge in [-0.15, -0.1) is 0 Å². The summed E-state index contributed by atoms with van der Waals surface area (Å²) in [5, 5.41) is 5.79. The topological polar surface area (TPSA) is 55.2 Å². The van der Waals surface area contributed by atoms with Crippen molar-refractivity contribution in [3.8, 4) is 0 Å². The van der Waals surface area contributed by atoms with Crippen molar-refractivity contribution in [3.05, 3.63) is 76.2 Å². The highest BCUT2D eigenvalue weighted by Crippen LogP contribution is 2.24. The molecule has 0 bridgehead atoms. The zero-order chi connectivity index (χ0) is 21.6. The summed E-state index contributed by atoms with van der Waals surface area (Å²) in [5.41, 5.74) is 1.66. The van der Waals surface area contributed by atoms with Crippen molar-refractivity contribution in [2.24, 2.45) is 5.92 Å². The molecule has 1 amide bonds. The summed E-state index contributed by atoms with van der Waals surface area (Å²) in [7, 11) is 0. The number of hydrogen-bond acceptors (Lipinski definition) is 3. The van der Waals surface area contributed by atoms with Crippen LogP contribution >= 0.6 is 0 Å². The van der Waals surface area contributed by atoms with Crippen LogP contribution in [0.4, 0.5) is 0 Å². The first kappa shape index (κ1) is 21.3. The van der Waals surface area contributed by atoms with Gasteiger partial charge in [0.1, 0.15) is 0 Å². The molecule has 31 heavy (non-hydrogen) atoms. The van der Waals surface area contributed by atoms with Crippen LogP contribution in [0.15, 0.2) is 59.4 Å². The summed E-state index contributed by atoms with van der Waals surface area (Å²) in [6, 6.07) is 17.9. The highest BCUT2D eigenvalue weighted by molar-refractivity contribution is 6.04. The van der Waals surface area contributed by atoms with Crippen molar-refractivity contribution in [1.29, 1.82) is 0 Å². The number of unbranched alkanes of at least 4 members (excludes halogenated alkanes) is 2. The van der Waals surface area contributed by atoms with E-state index in [1.807, 2.05) is 29.2 Å². The third-order valence-electron chi connectivity index (χ3n) is 6.31. The maximum absolute atomic E-state index is 13.4. The number of nitrogens with zero attached hydrogens (tertiary/aromatic N) is 3. The van der Waals surface area contributed by atoms with Gasteiger partial charge in [0.05, 0.1) is 5.39 Å². The molecular formula is C26H31N3O2. The van der Waals surface area contributed by atoms with Gasteiger partial charge in [-0.2, -0.15) is 5.10 Å². The number of likely N-dealkylation sites (tertiary alicyclic amines) is 1. The third kappa shape index (κ3) is 4.87. The molecule has 0 aliphatic carbocycles. The summed E-state index contributed by atoms with van der Waals surface area (Å²) >= 11 is 0. The van der Waals surface area contributed by atoms with Gasteiger partial charge >= 0.3 is 0 Å². The van der Waals surface area contributed by atoms with E-state index in [-0.39, 0.29) is 11.5 Å². The fourth-order valence-corrected chi connectivity index (χ4v) is 4.49. The van der Waals surface area contributed by atoms with Crippen LogP contribution in [0.1, 0.15) is 55.1 Å². The van der Waals surface area contributed by atoms with Gasteiger partial charge in [0.15, 0.2) is 5.69 Å². The summed E-state index contributed by atoms with van der Waals surface area (Å²) < 4.78 is 1.49. The lowest BCUT2D eigenvalue weighted by atomic mass is 9.90. The third-order valence-corrected chi connectivity index (χ3v) is 6.31. The number of aromatic nitrogens is 2. The second kappa shape index (κ2) is 9.90. The minimum Gasteiger partial charge on any atom is -0.337 e. The number of benzene rings is 2. The molecule has 0 spiro atoms. The average Bonchev–Trinajstić information content (AvgIpc) is 2.81. The van der Waals surface area contributed by atoms with Gasteiger partial charge in [-0.25, -0.2) is 4.68 Å². The molecule has 1 saturated heterocycles. The van der Waals surface area contributed by atoms with Gasteiger partial charge < -0.3 is 4.90 Å². The Morgan fingerprint density at radius 3 is 2.35 bits per heavy atom. The van der Waals surface area contributed by atoms with E-state index in [1.165, 1.54) is 10.2 Å². The molecule has 1 fully saturated rings. The lowest BCUT2D eigenvalue weighted by molar-refractivity contribution is 0.0684. The van der Waals surface area contributed by atoms with Crippen LogP contribution < -0.4 is 5.56 Å². The molecule has 4 rings (SSSR count). The molecule has 2 heterocycles.